The zero-order chi connectivity index (χ0) is 8.81. The second-order valence-corrected chi connectivity index (χ2v) is 2.47. The third-order valence-corrected chi connectivity index (χ3v) is 1.63. The van der Waals surface area contributed by atoms with Crippen LogP contribution in [0.4, 0.5) is 4.39 Å². The molecule has 0 radical (unpaired) electrons. The molecule has 0 aromatic heterocycles. The molecule has 1 aromatic rings. The highest BCUT2D eigenvalue weighted by Crippen LogP contribution is 2.11. The smallest absolute Gasteiger partial charge is 0.115 e. The Hall–Kier alpha value is -1.15. The minimum Gasteiger partial charge on any atom is -0.327 e. The number of nitrogens with two attached hydrogens (primary N) is 1. The lowest BCUT2D eigenvalue weighted by atomic mass is 10.1. The van der Waals surface area contributed by atoms with Crippen molar-refractivity contribution in [3.63, 3.8) is 0 Å². The Kier molecular flexibility index (Phi) is 3.48. The van der Waals surface area contributed by atoms with Crippen LogP contribution in [-0.4, -0.2) is 6.54 Å². The Morgan fingerprint density at radius 3 is 2.75 bits per heavy atom. The Labute approximate surface area is 71.7 Å². The van der Waals surface area contributed by atoms with Gasteiger partial charge in [0.1, 0.15) is 6.67 Å². The summed E-state index contributed by atoms with van der Waals surface area (Å²) in [6, 6.07) is 7.36. The minimum absolute atomic E-state index is 0.426. The molecule has 2 N–H and O–H groups in total. The molecule has 0 spiro atoms. The summed E-state index contributed by atoms with van der Waals surface area (Å²) >= 11 is 0. The molecule has 1 aromatic carbocycles. The molecule has 12 heavy (non-hydrogen) atoms. The quantitative estimate of drug-likeness (QED) is 0.729. The van der Waals surface area contributed by atoms with Crippen LogP contribution in [0.25, 0.3) is 6.08 Å². The standard InChI is InChI=1S/C10H12FN/c11-8-10-5-2-1-4-9(10)6-3-7-12/h1-6H,7-8,12H2/b6-3+. The van der Waals surface area contributed by atoms with Gasteiger partial charge >= 0.3 is 0 Å². The molecular formula is C10H12FN. The fraction of sp³-hybridized carbons (Fsp3) is 0.200. The van der Waals surface area contributed by atoms with Crippen LogP contribution in [0.5, 0.6) is 0 Å². The van der Waals surface area contributed by atoms with Gasteiger partial charge in [-0.2, -0.15) is 0 Å². The molecule has 0 unspecified atom stereocenters. The van der Waals surface area contributed by atoms with Crippen LogP contribution in [0.2, 0.25) is 0 Å². The molecule has 64 valence electrons. The van der Waals surface area contributed by atoms with Crippen LogP contribution < -0.4 is 5.73 Å². The molecule has 1 rings (SSSR count). The molecule has 2 heteroatoms. The summed E-state index contributed by atoms with van der Waals surface area (Å²) < 4.78 is 12.3. The van der Waals surface area contributed by atoms with E-state index in [4.69, 9.17) is 5.73 Å². The number of rotatable bonds is 3. The normalized spacial score (nSPS) is 10.8. The summed E-state index contributed by atoms with van der Waals surface area (Å²) in [6.07, 6.45) is 3.66. The Bertz CT molecular complexity index is 268. The maximum atomic E-state index is 12.3. The van der Waals surface area contributed by atoms with E-state index < -0.39 is 6.67 Å². The summed E-state index contributed by atoms with van der Waals surface area (Å²) in [6.45, 7) is 0.0612. The average Bonchev–Trinajstić information content (AvgIpc) is 2.15. The third kappa shape index (κ3) is 2.17. The van der Waals surface area contributed by atoms with Gasteiger partial charge in [0, 0.05) is 6.54 Å². The summed E-state index contributed by atoms with van der Waals surface area (Å²) in [5, 5.41) is 0. The minimum atomic E-state index is -0.426. The molecule has 1 nitrogen and oxygen atoms in total. The lowest BCUT2D eigenvalue weighted by Crippen LogP contribution is -1.92. The highest BCUT2D eigenvalue weighted by atomic mass is 19.1. The molecule has 0 aliphatic rings. The topological polar surface area (TPSA) is 26.0 Å². The van der Waals surface area contributed by atoms with Gasteiger partial charge in [-0.25, -0.2) is 4.39 Å². The fourth-order valence-electron chi connectivity index (χ4n) is 1.01. The van der Waals surface area contributed by atoms with E-state index in [1.165, 1.54) is 0 Å². The Morgan fingerprint density at radius 2 is 2.08 bits per heavy atom. The van der Waals surface area contributed by atoms with Gasteiger partial charge in [-0.1, -0.05) is 36.4 Å². The number of hydrogen-bond donors (Lipinski definition) is 1. The molecular weight excluding hydrogens is 153 g/mol. The zero-order valence-electron chi connectivity index (χ0n) is 6.83. The first-order valence-corrected chi connectivity index (χ1v) is 3.89. The Balaban J connectivity index is 2.89. The van der Waals surface area contributed by atoms with Gasteiger partial charge in [0.15, 0.2) is 0 Å². The van der Waals surface area contributed by atoms with Crippen molar-refractivity contribution in [2.75, 3.05) is 6.54 Å². The van der Waals surface area contributed by atoms with Crippen molar-refractivity contribution >= 4 is 6.08 Å². The van der Waals surface area contributed by atoms with Gasteiger partial charge in [-0.3, -0.25) is 0 Å². The van der Waals surface area contributed by atoms with Crippen molar-refractivity contribution in [3.05, 3.63) is 41.5 Å². The maximum Gasteiger partial charge on any atom is 0.115 e. The van der Waals surface area contributed by atoms with E-state index in [1.807, 2.05) is 30.4 Å². The van der Waals surface area contributed by atoms with E-state index in [0.717, 1.165) is 5.56 Å². The number of halogens is 1. The molecule has 0 saturated heterocycles. The first-order valence-electron chi connectivity index (χ1n) is 3.89. The number of alkyl halides is 1. The summed E-state index contributed by atoms with van der Waals surface area (Å²) in [7, 11) is 0. The molecule has 0 amide bonds. The number of hydrogen-bond acceptors (Lipinski definition) is 1. The predicted molar refractivity (Wildman–Crippen MR) is 49.3 cm³/mol. The summed E-state index contributed by atoms with van der Waals surface area (Å²) in [5.74, 6) is 0. The van der Waals surface area contributed by atoms with Crippen molar-refractivity contribution in [2.24, 2.45) is 5.73 Å². The van der Waals surface area contributed by atoms with Gasteiger partial charge in [-0.15, -0.1) is 0 Å². The molecule has 0 fully saturated rings. The SMILES string of the molecule is NC/C=C/c1ccccc1CF. The average molecular weight is 165 g/mol. The molecule has 0 aliphatic heterocycles. The van der Waals surface area contributed by atoms with E-state index in [0.29, 0.717) is 12.1 Å². The summed E-state index contributed by atoms with van der Waals surface area (Å²) in [4.78, 5) is 0. The second kappa shape index (κ2) is 4.67. The van der Waals surface area contributed by atoms with Gasteiger partial charge < -0.3 is 5.73 Å². The highest BCUT2D eigenvalue weighted by molar-refractivity contribution is 5.53. The van der Waals surface area contributed by atoms with Crippen LogP contribution in [0.15, 0.2) is 30.3 Å². The van der Waals surface area contributed by atoms with Crippen molar-refractivity contribution in [3.8, 4) is 0 Å². The molecule has 0 bridgehead atoms. The van der Waals surface area contributed by atoms with Gasteiger partial charge in [0.25, 0.3) is 0 Å². The lowest BCUT2D eigenvalue weighted by molar-refractivity contribution is 0.485. The predicted octanol–water partition coefficient (Wildman–Crippen LogP) is 2.13. The van der Waals surface area contributed by atoms with Gasteiger partial charge in [0.05, 0.1) is 0 Å². The van der Waals surface area contributed by atoms with E-state index in [-0.39, 0.29) is 0 Å². The number of benzene rings is 1. The fourth-order valence-corrected chi connectivity index (χ4v) is 1.01. The van der Waals surface area contributed by atoms with Crippen LogP contribution in [0.1, 0.15) is 11.1 Å². The van der Waals surface area contributed by atoms with Crippen molar-refractivity contribution in [2.45, 2.75) is 6.67 Å². The summed E-state index contributed by atoms with van der Waals surface area (Å²) in [5.41, 5.74) is 6.91. The Morgan fingerprint density at radius 1 is 1.33 bits per heavy atom. The highest BCUT2D eigenvalue weighted by Gasteiger charge is 1.95. The van der Waals surface area contributed by atoms with Crippen molar-refractivity contribution < 1.29 is 4.39 Å². The van der Waals surface area contributed by atoms with Crippen molar-refractivity contribution in [1.82, 2.24) is 0 Å². The first-order chi connectivity index (χ1) is 5.88. The molecule has 0 atom stereocenters. The second-order valence-electron chi connectivity index (χ2n) is 2.47. The van der Waals surface area contributed by atoms with Crippen molar-refractivity contribution in [1.29, 1.82) is 0 Å². The lowest BCUT2D eigenvalue weighted by Gasteiger charge is -1.99. The van der Waals surface area contributed by atoms with E-state index >= 15 is 0 Å². The van der Waals surface area contributed by atoms with E-state index in [9.17, 15) is 4.39 Å². The van der Waals surface area contributed by atoms with Crippen LogP contribution in [0.3, 0.4) is 0 Å². The third-order valence-electron chi connectivity index (χ3n) is 1.63. The zero-order valence-corrected chi connectivity index (χ0v) is 6.83. The molecule has 0 saturated carbocycles. The maximum absolute atomic E-state index is 12.3. The largest absolute Gasteiger partial charge is 0.327 e. The van der Waals surface area contributed by atoms with Gasteiger partial charge in [0.2, 0.25) is 0 Å². The van der Waals surface area contributed by atoms with Crippen LogP contribution >= 0.6 is 0 Å². The monoisotopic (exact) mass is 165 g/mol. The molecule has 0 heterocycles. The first kappa shape index (κ1) is 8.94. The van der Waals surface area contributed by atoms with Crippen LogP contribution in [0, 0.1) is 0 Å². The van der Waals surface area contributed by atoms with E-state index in [2.05, 4.69) is 0 Å². The molecule has 0 aliphatic carbocycles. The van der Waals surface area contributed by atoms with Crippen LogP contribution in [-0.2, 0) is 6.67 Å². The van der Waals surface area contributed by atoms with Gasteiger partial charge in [-0.05, 0) is 11.1 Å². The van der Waals surface area contributed by atoms with E-state index in [1.54, 1.807) is 6.07 Å².